The highest BCUT2D eigenvalue weighted by atomic mass is 79.9. The van der Waals surface area contributed by atoms with Crippen LogP contribution in [0.1, 0.15) is 35.6 Å². The van der Waals surface area contributed by atoms with E-state index in [0.29, 0.717) is 45.2 Å². The first kappa shape index (κ1) is 16.5. The predicted molar refractivity (Wildman–Crippen MR) is 86.8 cm³/mol. The maximum absolute atomic E-state index is 11.7. The molecule has 0 aliphatic carbocycles. The number of benzene rings is 1. The Bertz CT molecular complexity index is 765. The van der Waals surface area contributed by atoms with Crippen molar-refractivity contribution in [3.63, 3.8) is 0 Å². The third kappa shape index (κ3) is 3.32. The molecule has 0 atom stereocenters. The first-order chi connectivity index (χ1) is 10.5. The average molecular weight is 383 g/mol. The fourth-order valence-electron chi connectivity index (χ4n) is 2.07. The molecule has 0 fully saturated rings. The Morgan fingerprint density at radius 3 is 2.77 bits per heavy atom. The summed E-state index contributed by atoms with van der Waals surface area (Å²) in [5.41, 5.74) is 1.70. The Kier molecular flexibility index (Phi) is 5.22. The third-order valence-corrected chi connectivity index (χ3v) is 3.73. The molecule has 0 saturated carbocycles. The van der Waals surface area contributed by atoms with Crippen molar-refractivity contribution in [3.05, 3.63) is 40.2 Å². The smallest absolute Gasteiger partial charge is 0.244 e. The highest BCUT2D eigenvalue weighted by molar-refractivity contribution is 9.08. The van der Waals surface area contributed by atoms with E-state index < -0.39 is 0 Å². The van der Waals surface area contributed by atoms with E-state index in [4.69, 9.17) is 21.6 Å². The van der Waals surface area contributed by atoms with Crippen molar-refractivity contribution in [2.24, 2.45) is 0 Å². The van der Waals surface area contributed by atoms with E-state index in [2.05, 4.69) is 21.0 Å². The Morgan fingerprint density at radius 2 is 2.23 bits per heavy atom. The van der Waals surface area contributed by atoms with Crippen molar-refractivity contribution in [1.82, 2.24) is 9.78 Å². The molecule has 2 aromatic rings. The van der Waals surface area contributed by atoms with E-state index in [1.54, 1.807) is 18.2 Å². The summed E-state index contributed by atoms with van der Waals surface area (Å²) in [4.78, 5) is 11.7. The summed E-state index contributed by atoms with van der Waals surface area (Å²) in [6.45, 7) is 3.36. The van der Waals surface area contributed by atoms with Gasteiger partial charge in [-0.3, -0.25) is 4.79 Å². The lowest BCUT2D eigenvalue weighted by Crippen LogP contribution is -2.11. The number of carbonyl (C=O) groups excluding carboxylic acids is 1. The zero-order valence-corrected chi connectivity index (χ0v) is 14.4. The number of rotatable bonds is 4. The van der Waals surface area contributed by atoms with Gasteiger partial charge < -0.3 is 4.74 Å². The number of ether oxygens (including phenoxy) is 1. The molecule has 0 saturated heterocycles. The first-order valence-electron chi connectivity index (χ1n) is 6.56. The second kappa shape index (κ2) is 6.95. The zero-order chi connectivity index (χ0) is 16.3. The van der Waals surface area contributed by atoms with Gasteiger partial charge in [-0.2, -0.15) is 10.4 Å². The van der Waals surface area contributed by atoms with Crippen LogP contribution in [0.15, 0.2) is 18.2 Å². The molecular weight excluding hydrogens is 370 g/mol. The lowest BCUT2D eigenvalue weighted by Gasteiger charge is -2.08. The highest BCUT2D eigenvalue weighted by Crippen LogP contribution is 2.33. The quantitative estimate of drug-likeness (QED) is 0.739. The maximum atomic E-state index is 11.7. The Labute approximate surface area is 141 Å². The molecule has 0 radical (unpaired) electrons. The molecule has 0 spiro atoms. The lowest BCUT2D eigenvalue weighted by atomic mass is 10.2. The minimum atomic E-state index is -0.183. The molecule has 1 aromatic carbocycles. The zero-order valence-electron chi connectivity index (χ0n) is 12.1. The van der Waals surface area contributed by atoms with Gasteiger partial charge in [-0.1, -0.05) is 34.5 Å². The number of nitriles is 1. The fourth-order valence-corrected chi connectivity index (χ4v) is 2.66. The molecule has 114 valence electrons. The van der Waals surface area contributed by atoms with Crippen LogP contribution in [0.4, 0.5) is 0 Å². The van der Waals surface area contributed by atoms with Crippen molar-refractivity contribution < 1.29 is 9.53 Å². The van der Waals surface area contributed by atoms with Gasteiger partial charge in [-0.15, -0.1) is 0 Å². The van der Waals surface area contributed by atoms with E-state index in [9.17, 15) is 4.79 Å². The van der Waals surface area contributed by atoms with Gasteiger partial charge in [0.25, 0.3) is 0 Å². The number of nitrogens with zero attached hydrogens (tertiary/aromatic N) is 3. The average Bonchev–Trinajstić information content (AvgIpc) is 2.84. The number of hydrogen-bond acceptors (Lipinski definition) is 4. The normalized spacial score (nSPS) is 10.3. The van der Waals surface area contributed by atoms with Crippen LogP contribution in [0.5, 0.6) is 11.5 Å². The molecule has 0 bridgehead atoms. The second-order valence-corrected chi connectivity index (χ2v) is 5.53. The van der Waals surface area contributed by atoms with Crippen LogP contribution < -0.4 is 4.74 Å². The van der Waals surface area contributed by atoms with E-state index in [1.165, 1.54) is 11.6 Å². The summed E-state index contributed by atoms with van der Waals surface area (Å²) >= 11 is 9.33. The molecule has 0 aliphatic rings. The van der Waals surface area contributed by atoms with Gasteiger partial charge in [0, 0.05) is 11.9 Å². The third-order valence-electron chi connectivity index (χ3n) is 2.98. The van der Waals surface area contributed by atoms with Gasteiger partial charge in [0.2, 0.25) is 5.91 Å². The minimum Gasteiger partial charge on any atom is -0.453 e. The van der Waals surface area contributed by atoms with E-state index in [-0.39, 0.29) is 5.91 Å². The Hall–Kier alpha value is -1.84. The summed E-state index contributed by atoms with van der Waals surface area (Å²) < 4.78 is 7.21. The number of carbonyl (C=O) groups is 1. The first-order valence-corrected chi connectivity index (χ1v) is 8.06. The molecule has 7 heteroatoms. The van der Waals surface area contributed by atoms with Gasteiger partial charge in [0.05, 0.1) is 22.7 Å². The molecule has 0 aliphatic heterocycles. The molecular formula is C15H13BrClN3O2. The molecule has 5 nitrogen and oxygen atoms in total. The minimum absolute atomic E-state index is 0.183. The van der Waals surface area contributed by atoms with Gasteiger partial charge in [-0.25, -0.2) is 4.68 Å². The molecule has 22 heavy (non-hydrogen) atoms. The van der Waals surface area contributed by atoms with E-state index in [1.807, 2.05) is 13.0 Å². The summed E-state index contributed by atoms with van der Waals surface area (Å²) in [5, 5.41) is 14.1. The summed E-state index contributed by atoms with van der Waals surface area (Å²) in [7, 11) is 0. The SMILES string of the molecule is CCc1c(Oc2cc(Cl)cc(C#N)c2)c(CBr)nn1C(C)=O. The second-order valence-electron chi connectivity index (χ2n) is 4.53. The predicted octanol–water partition coefficient (Wildman–Crippen LogP) is 4.32. The van der Waals surface area contributed by atoms with Gasteiger partial charge in [-0.05, 0) is 24.6 Å². The maximum Gasteiger partial charge on any atom is 0.244 e. The van der Waals surface area contributed by atoms with Crippen LogP contribution in [0, 0.1) is 11.3 Å². The van der Waals surface area contributed by atoms with E-state index in [0.717, 1.165) is 0 Å². The Balaban J connectivity index is 2.51. The van der Waals surface area contributed by atoms with Crippen molar-refractivity contribution in [2.75, 3.05) is 0 Å². The Morgan fingerprint density at radius 1 is 1.50 bits per heavy atom. The van der Waals surface area contributed by atoms with Gasteiger partial charge in [0.15, 0.2) is 5.75 Å². The molecule has 0 amide bonds. The van der Waals surface area contributed by atoms with Crippen LogP contribution in [-0.2, 0) is 11.8 Å². The monoisotopic (exact) mass is 381 g/mol. The van der Waals surface area contributed by atoms with Crippen molar-refractivity contribution in [3.8, 4) is 17.6 Å². The summed E-state index contributed by atoms with van der Waals surface area (Å²) in [6.07, 6.45) is 0.584. The van der Waals surface area contributed by atoms with Crippen LogP contribution in [-0.4, -0.2) is 15.7 Å². The standard InChI is InChI=1S/C15H13BrClN3O2/c1-3-14-15(13(7-16)19-20(14)9(2)21)22-12-5-10(8-18)4-11(17)6-12/h4-6H,3,7H2,1-2H3. The van der Waals surface area contributed by atoms with Crippen molar-refractivity contribution in [2.45, 2.75) is 25.6 Å². The largest absolute Gasteiger partial charge is 0.453 e. The van der Waals surface area contributed by atoms with Crippen LogP contribution >= 0.6 is 27.5 Å². The summed E-state index contributed by atoms with van der Waals surface area (Å²) in [6, 6.07) is 6.79. The van der Waals surface area contributed by atoms with Gasteiger partial charge in [0.1, 0.15) is 11.4 Å². The highest BCUT2D eigenvalue weighted by Gasteiger charge is 2.20. The number of alkyl halides is 1. The van der Waals surface area contributed by atoms with Crippen molar-refractivity contribution in [1.29, 1.82) is 5.26 Å². The lowest BCUT2D eigenvalue weighted by molar-refractivity contribution is 0.0917. The topological polar surface area (TPSA) is 67.9 Å². The summed E-state index contributed by atoms with van der Waals surface area (Å²) in [5.74, 6) is 0.766. The fraction of sp³-hybridized carbons (Fsp3) is 0.267. The van der Waals surface area contributed by atoms with Crippen LogP contribution in [0.2, 0.25) is 5.02 Å². The molecule has 1 heterocycles. The van der Waals surface area contributed by atoms with Crippen LogP contribution in [0.25, 0.3) is 0 Å². The van der Waals surface area contributed by atoms with Crippen LogP contribution in [0.3, 0.4) is 0 Å². The van der Waals surface area contributed by atoms with E-state index >= 15 is 0 Å². The molecule has 1 aromatic heterocycles. The molecule has 0 unspecified atom stereocenters. The molecule has 2 rings (SSSR count). The number of aromatic nitrogens is 2. The molecule has 0 N–H and O–H groups in total. The number of halogens is 2. The number of hydrogen-bond donors (Lipinski definition) is 0. The van der Waals surface area contributed by atoms with Gasteiger partial charge >= 0.3 is 0 Å². The van der Waals surface area contributed by atoms with Crippen molar-refractivity contribution >= 4 is 33.4 Å².